The molecule has 27 heavy (non-hydrogen) atoms. The Hall–Kier alpha value is -1.04. The van der Waals surface area contributed by atoms with Crippen molar-refractivity contribution in [2.75, 3.05) is 0 Å². The summed E-state index contributed by atoms with van der Waals surface area (Å²) in [5, 5.41) is 0. The molecule has 0 saturated carbocycles. The van der Waals surface area contributed by atoms with Crippen LogP contribution in [0, 0.1) is 0 Å². The van der Waals surface area contributed by atoms with Crippen molar-refractivity contribution in [3.05, 3.63) is 49.6 Å². The van der Waals surface area contributed by atoms with Crippen molar-refractivity contribution in [2.24, 2.45) is 0 Å². The van der Waals surface area contributed by atoms with E-state index in [0.29, 0.717) is 0 Å². The lowest BCUT2D eigenvalue weighted by Crippen LogP contribution is -1.81. The largest absolute Gasteiger partial charge is 0.103 e. The number of hydrogen-bond donors (Lipinski definition) is 0. The summed E-state index contributed by atoms with van der Waals surface area (Å²) >= 11 is 0. The van der Waals surface area contributed by atoms with Crippen molar-refractivity contribution in [1.82, 2.24) is 0 Å². The molecule has 0 aromatic heterocycles. The summed E-state index contributed by atoms with van der Waals surface area (Å²) < 4.78 is 0. The third kappa shape index (κ3) is 25.0. The molecular weight excluding hydrogens is 324 g/mol. The maximum Gasteiger partial charge on any atom is -0.0348 e. The van der Waals surface area contributed by atoms with Gasteiger partial charge in [0.05, 0.1) is 0 Å². The van der Waals surface area contributed by atoms with Crippen LogP contribution in [0.15, 0.2) is 49.6 Å². The monoisotopic (exact) mass is 372 g/mol. The third-order valence-corrected chi connectivity index (χ3v) is 5.19. The Balaban J connectivity index is 3.16. The summed E-state index contributed by atoms with van der Waals surface area (Å²) in [7, 11) is 0. The molecule has 0 unspecified atom stereocenters. The molecular formula is C27H48. The predicted molar refractivity (Wildman–Crippen MR) is 126 cm³/mol. The van der Waals surface area contributed by atoms with Crippen molar-refractivity contribution in [3.8, 4) is 0 Å². The van der Waals surface area contributed by atoms with Crippen LogP contribution in [0.1, 0.15) is 122 Å². The van der Waals surface area contributed by atoms with Crippen LogP contribution in [0.2, 0.25) is 0 Å². The van der Waals surface area contributed by atoms with Crippen molar-refractivity contribution in [2.45, 2.75) is 122 Å². The summed E-state index contributed by atoms with van der Waals surface area (Å²) in [4.78, 5) is 0. The summed E-state index contributed by atoms with van der Waals surface area (Å²) in [5.74, 6) is 0. The van der Waals surface area contributed by atoms with Crippen LogP contribution in [0.3, 0.4) is 0 Å². The standard InChI is InChI=1S/C27H48/c1-3-5-7-9-11-13-15-17-19-21-23-25-27-26-24-22-20-18-16-14-12-10-8-6-4-2/h3-4,23,25-27H,1-2,5-22,24H2. The van der Waals surface area contributed by atoms with E-state index < -0.39 is 0 Å². The average Bonchev–Trinajstić information content (AvgIpc) is 2.68. The summed E-state index contributed by atoms with van der Waals surface area (Å²) in [6.07, 6.45) is 39.0. The van der Waals surface area contributed by atoms with Crippen molar-refractivity contribution >= 4 is 0 Å². The zero-order valence-electron chi connectivity index (χ0n) is 18.3. The second-order valence-corrected chi connectivity index (χ2v) is 7.89. The molecule has 0 atom stereocenters. The fourth-order valence-electron chi connectivity index (χ4n) is 3.40. The van der Waals surface area contributed by atoms with Gasteiger partial charge in [-0.15, -0.1) is 13.2 Å². The number of unbranched alkanes of at least 4 members (excludes halogenated alkanes) is 17. The molecule has 0 aliphatic carbocycles. The molecule has 0 spiro atoms. The molecule has 0 fully saturated rings. The maximum absolute atomic E-state index is 3.78. The van der Waals surface area contributed by atoms with Crippen LogP contribution in [-0.2, 0) is 0 Å². The highest BCUT2D eigenvalue weighted by Crippen LogP contribution is 2.11. The Morgan fingerprint density at radius 2 is 0.593 bits per heavy atom. The molecule has 0 N–H and O–H groups in total. The molecule has 0 aliphatic rings. The number of allylic oxidation sites excluding steroid dienone is 6. The van der Waals surface area contributed by atoms with Gasteiger partial charge in [-0.05, 0) is 51.4 Å². The van der Waals surface area contributed by atoms with Gasteiger partial charge in [-0.3, -0.25) is 0 Å². The first kappa shape index (κ1) is 26.0. The van der Waals surface area contributed by atoms with Crippen molar-refractivity contribution < 1.29 is 0 Å². The summed E-state index contributed by atoms with van der Waals surface area (Å²) in [5.41, 5.74) is 0. The first-order valence-corrected chi connectivity index (χ1v) is 11.9. The van der Waals surface area contributed by atoms with Gasteiger partial charge in [0.25, 0.3) is 0 Å². The molecule has 0 amide bonds. The molecule has 0 rings (SSSR count). The normalized spacial score (nSPS) is 11.6. The predicted octanol–water partition coefficient (Wildman–Crippen LogP) is 9.88. The molecule has 0 heteroatoms. The minimum Gasteiger partial charge on any atom is -0.103 e. The molecule has 0 aromatic carbocycles. The lowest BCUT2D eigenvalue weighted by molar-refractivity contribution is 0.571. The molecule has 0 heterocycles. The van der Waals surface area contributed by atoms with Crippen molar-refractivity contribution in [3.63, 3.8) is 0 Å². The highest BCUT2D eigenvalue weighted by molar-refractivity contribution is 5.02. The summed E-state index contributed by atoms with van der Waals surface area (Å²) in [6.45, 7) is 7.55. The second kappa shape index (κ2) is 25.0. The minimum atomic E-state index is 1.19. The highest BCUT2D eigenvalue weighted by Gasteiger charge is 1.92. The Kier molecular flexibility index (Phi) is 24.0. The Labute approximate surface area is 171 Å². The lowest BCUT2D eigenvalue weighted by Gasteiger charge is -2.00. The molecule has 0 bridgehead atoms. The van der Waals surface area contributed by atoms with Gasteiger partial charge in [0, 0.05) is 0 Å². The van der Waals surface area contributed by atoms with Crippen LogP contribution in [-0.4, -0.2) is 0 Å². The van der Waals surface area contributed by atoms with Gasteiger partial charge in [-0.2, -0.15) is 0 Å². The van der Waals surface area contributed by atoms with Gasteiger partial charge in [-0.1, -0.05) is 107 Å². The zero-order valence-corrected chi connectivity index (χ0v) is 18.3. The average molecular weight is 373 g/mol. The van der Waals surface area contributed by atoms with E-state index in [4.69, 9.17) is 0 Å². The van der Waals surface area contributed by atoms with E-state index >= 15 is 0 Å². The van der Waals surface area contributed by atoms with E-state index in [-0.39, 0.29) is 0 Å². The second-order valence-electron chi connectivity index (χ2n) is 7.89. The van der Waals surface area contributed by atoms with Crippen LogP contribution < -0.4 is 0 Å². The molecule has 0 radical (unpaired) electrons. The number of rotatable bonds is 22. The molecule has 0 nitrogen and oxygen atoms in total. The van der Waals surface area contributed by atoms with E-state index in [1.54, 1.807) is 0 Å². The fraction of sp³-hybridized carbons (Fsp3) is 0.704. The SMILES string of the molecule is C=CCCCCCCCCCC=CC=CCCCCCCCCCCC=C. The van der Waals surface area contributed by atoms with E-state index in [0.717, 1.165) is 0 Å². The fourth-order valence-corrected chi connectivity index (χ4v) is 3.40. The third-order valence-electron chi connectivity index (χ3n) is 5.19. The van der Waals surface area contributed by atoms with Gasteiger partial charge < -0.3 is 0 Å². The first-order chi connectivity index (χ1) is 13.4. The maximum atomic E-state index is 3.78. The minimum absolute atomic E-state index is 1.19. The quantitative estimate of drug-likeness (QED) is 0.101. The van der Waals surface area contributed by atoms with Gasteiger partial charge in [-0.25, -0.2) is 0 Å². The van der Waals surface area contributed by atoms with E-state index in [1.807, 2.05) is 12.2 Å². The van der Waals surface area contributed by atoms with Gasteiger partial charge in [0.15, 0.2) is 0 Å². The smallest absolute Gasteiger partial charge is 0.0348 e. The van der Waals surface area contributed by atoms with Crippen LogP contribution in [0.25, 0.3) is 0 Å². The molecule has 0 aromatic rings. The Morgan fingerprint density at radius 3 is 0.889 bits per heavy atom. The number of hydrogen-bond acceptors (Lipinski definition) is 0. The van der Waals surface area contributed by atoms with Crippen molar-refractivity contribution in [1.29, 1.82) is 0 Å². The van der Waals surface area contributed by atoms with Gasteiger partial charge >= 0.3 is 0 Å². The molecule has 0 aliphatic heterocycles. The van der Waals surface area contributed by atoms with Gasteiger partial charge in [0.2, 0.25) is 0 Å². The molecule has 0 saturated heterocycles. The highest BCUT2D eigenvalue weighted by atomic mass is 14.0. The zero-order chi connectivity index (χ0) is 19.7. The van der Waals surface area contributed by atoms with E-state index in [1.165, 1.54) is 122 Å². The van der Waals surface area contributed by atoms with Crippen LogP contribution >= 0.6 is 0 Å². The first-order valence-electron chi connectivity index (χ1n) is 11.9. The van der Waals surface area contributed by atoms with Gasteiger partial charge in [0.1, 0.15) is 0 Å². The summed E-state index contributed by atoms with van der Waals surface area (Å²) in [6, 6.07) is 0. The lowest BCUT2D eigenvalue weighted by atomic mass is 10.1. The molecule has 156 valence electrons. The van der Waals surface area contributed by atoms with E-state index in [2.05, 4.69) is 37.5 Å². The Morgan fingerprint density at radius 1 is 0.333 bits per heavy atom. The topological polar surface area (TPSA) is 0 Å². The van der Waals surface area contributed by atoms with Crippen LogP contribution in [0.5, 0.6) is 0 Å². The van der Waals surface area contributed by atoms with E-state index in [9.17, 15) is 0 Å². The Bertz CT molecular complexity index is 347. The van der Waals surface area contributed by atoms with Crippen LogP contribution in [0.4, 0.5) is 0 Å².